The standard InChI is InChI=1S/C12H16N2O3S/c1-4-8-6-14-7-10(11(15)17-3)18(16)12(14)13-9(8)5-2/h6H,4-5,7H2,1-3H3. The quantitative estimate of drug-likeness (QED) is 0.557. The molecule has 0 aromatic heterocycles. The lowest BCUT2D eigenvalue weighted by Gasteiger charge is -2.22. The van der Waals surface area contributed by atoms with Crippen LogP contribution in [-0.4, -0.2) is 44.4 Å². The van der Waals surface area contributed by atoms with Gasteiger partial charge in [-0.2, -0.15) is 0 Å². The molecule has 18 heavy (non-hydrogen) atoms. The fraction of sp³-hybridized carbons (Fsp3) is 0.500. The number of nitrogens with zero attached hydrogens (tertiary/aromatic N) is 2. The summed E-state index contributed by atoms with van der Waals surface area (Å²) in [5, 5.41) is 0.449. The SMILES string of the molecule is CCC1=CN2CC(C(=O)OC)=S(=O)=C2N=C1CC. The first-order valence-corrected chi connectivity index (χ1v) is 7.05. The molecular weight excluding hydrogens is 252 g/mol. The van der Waals surface area contributed by atoms with Gasteiger partial charge in [-0.3, -0.25) is 0 Å². The van der Waals surface area contributed by atoms with Gasteiger partial charge in [0.15, 0.2) is 0 Å². The third kappa shape index (κ3) is 1.96. The van der Waals surface area contributed by atoms with Crippen molar-refractivity contribution in [3.8, 4) is 0 Å². The van der Waals surface area contributed by atoms with Gasteiger partial charge in [0, 0.05) is 11.9 Å². The number of esters is 1. The first kappa shape index (κ1) is 12.9. The second-order valence-corrected chi connectivity index (χ2v) is 5.41. The molecule has 0 saturated carbocycles. The predicted octanol–water partition coefficient (Wildman–Crippen LogP) is 0.642. The Morgan fingerprint density at radius 2 is 2.22 bits per heavy atom. The molecule has 0 saturated heterocycles. The van der Waals surface area contributed by atoms with E-state index in [0.29, 0.717) is 11.7 Å². The minimum atomic E-state index is -1.49. The summed E-state index contributed by atoms with van der Waals surface area (Å²) >= 11 is 0. The van der Waals surface area contributed by atoms with Gasteiger partial charge >= 0.3 is 5.97 Å². The van der Waals surface area contributed by atoms with Crippen LogP contribution in [0.1, 0.15) is 26.7 Å². The summed E-state index contributed by atoms with van der Waals surface area (Å²) in [5.74, 6) is -0.519. The molecule has 5 nitrogen and oxygen atoms in total. The van der Waals surface area contributed by atoms with Gasteiger partial charge in [-0.1, -0.05) is 13.8 Å². The molecule has 2 aliphatic rings. The number of methoxy groups -OCH3 is 1. The first-order valence-electron chi connectivity index (χ1n) is 5.90. The lowest BCUT2D eigenvalue weighted by molar-refractivity contribution is -0.132. The second kappa shape index (κ2) is 4.97. The highest BCUT2D eigenvalue weighted by molar-refractivity contribution is 7.86. The smallest absolute Gasteiger partial charge is 0.348 e. The zero-order valence-corrected chi connectivity index (χ0v) is 11.5. The van der Waals surface area contributed by atoms with E-state index in [0.717, 1.165) is 24.1 Å². The summed E-state index contributed by atoms with van der Waals surface area (Å²) in [5.41, 5.74) is 2.08. The summed E-state index contributed by atoms with van der Waals surface area (Å²) in [6.07, 6.45) is 3.60. The molecule has 0 unspecified atom stereocenters. The second-order valence-electron chi connectivity index (χ2n) is 4.01. The van der Waals surface area contributed by atoms with E-state index in [4.69, 9.17) is 0 Å². The Bertz CT molecular complexity index is 599. The number of carbonyl (C=O) groups excluding carboxylic acids is 1. The average Bonchev–Trinajstić information content (AvgIpc) is 2.73. The maximum Gasteiger partial charge on any atom is 0.348 e. The number of hydrogen-bond acceptors (Lipinski definition) is 5. The molecule has 2 heterocycles. The monoisotopic (exact) mass is 268 g/mol. The van der Waals surface area contributed by atoms with Crippen LogP contribution in [0, 0.1) is 0 Å². The number of allylic oxidation sites excluding steroid dienone is 1. The zero-order chi connectivity index (χ0) is 13.3. The lowest BCUT2D eigenvalue weighted by Crippen LogP contribution is -2.31. The number of hydrogen-bond donors (Lipinski definition) is 0. The summed E-state index contributed by atoms with van der Waals surface area (Å²) in [7, 11) is -0.199. The van der Waals surface area contributed by atoms with Crippen molar-refractivity contribution in [1.29, 1.82) is 0 Å². The first-order chi connectivity index (χ1) is 8.62. The highest BCUT2D eigenvalue weighted by atomic mass is 32.1. The highest BCUT2D eigenvalue weighted by Gasteiger charge is 2.28. The highest BCUT2D eigenvalue weighted by Crippen LogP contribution is 2.17. The van der Waals surface area contributed by atoms with E-state index in [1.165, 1.54) is 7.11 Å². The average molecular weight is 268 g/mol. The van der Waals surface area contributed by atoms with Crippen LogP contribution < -0.4 is 0 Å². The minimum Gasteiger partial charge on any atom is -0.465 e. The van der Waals surface area contributed by atoms with Gasteiger partial charge in [0.25, 0.3) is 0 Å². The Kier molecular flexibility index (Phi) is 3.56. The van der Waals surface area contributed by atoms with E-state index in [9.17, 15) is 9.00 Å². The summed E-state index contributed by atoms with van der Waals surface area (Å²) in [6.45, 7) is 4.37. The maximum atomic E-state index is 12.2. The van der Waals surface area contributed by atoms with E-state index in [2.05, 4.69) is 16.7 Å². The van der Waals surface area contributed by atoms with E-state index in [-0.39, 0.29) is 4.86 Å². The van der Waals surface area contributed by atoms with E-state index < -0.39 is 15.9 Å². The molecule has 0 spiro atoms. The molecular formula is C12H16N2O3S. The van der Waals surface area contributed by atoms with Gasteiger partial charge in [-0.15, -0.1) is 0 Å². The normalized spacial score (nSPS) is 18.6. The van der Waals surface area contributed by atoms with E-state index in [1.807, 2.05) is 13.1 Å². The molecule has 0 aliphatic carbocycles. The fourth-order valence-electron chi connectivity index (χ4n) is 2.01. The van der Waals surface area contributed by atoms with Gasteiger partial charge in [-0.25, -0.2) is 14.0 Å². The third-order valence-electron chi connectivity index (χ3n) is 2.99. The van der Waals surface area contributed by atoms with Crippen molar-refractivity contribution in [3.63, 3.8) is 0 Å². The zero-order valence-electron chi connectivity index (χ0n) is 10.7. The Morgan fingerprint density at radius 1 is 1.50 bits per heavy atom. The van der Waals surface area contributed by atoms with Crippen LogP contribution in [0.15, 0.2) is 16.8 Å². The molecule has 98 valence electrons. The van der Waals surface area contributed by atoms with Crippen LogP contribution >= 0.6 is 0 Å². The Labute approximate surface area is 108 Å². The van der Waals surface area contributed by atoms with Crippen molar-refractivity contribution in [3.05, 3.63) is 11.8 Å². The molecule has 2 rings (SSSR count). The largest absolute Gasteiger partial charge is 0.465 e. The van der Waals surface area contributed by atoms with Crippen molar-refractivity contribution in [2.75, 3.05) is 13.7 Å². The third-order valence-corrected chi connectivity index (χ3v) is 4.39. The van der Waals surface area contributed by atoms with Crippen LogP contribution in [0.5, 0.6) is 0 Å². The van der Waals surface area contributed by atoms with Gasteiger partial charge in [0.2, 0.25) is 5.11 Å². The number of fused-ring (bicyclic) bond motifs is 1. The predicted molar refractivity (Wildman–Crippen MR) is 73.0 cm³/mol. The summed E-state index contributed by atoms with van der Waals surface area (Å²) in [4.78, 5) is 18.0. The summed E-state index contributed by atoms with van der Waals surface area (Å²) < 4.78 is 16.8. The summed E-state index contributed by atoms with van der Waals surface area (Å²) in [6, 6.07) is 0. The molecule has 0 N–H and O–H groups in total. The lowest BCUT2D eigenvalue weighted by atomic mass is 10.1. The van der Waals surface area contributed by atoms with Crippen LogP contribution in [0.25, 0.3) is 0 Å². The van der Waals surface area contributed by atoms with Crippen LogP contribution in [0.2, 0.25) is 0 Å². The molecule has 0 radical (unpaired) electrons. The van der Waals surface area contributed by atoms with Gasteiger partial charge in [-0.05, 0) is 18.4 Å². The van der Waals surface area contributed by atoms with Gasteiger partial charge in [0.1, 0.15) is 4.86 Å². The molecule has 2 aliphatic heterocycles. The topological polar surface area (TPSA) is 59.0 Å². The number of ether oxygens (including phenoxy) is 1. The van der Waals surface area contributed by atoms with Crippen molar-refractivity contribution in [2.24, 2.45) is 4.99 Å². The maximum absolute atomic E-state index is 12.2. The molecule has 0 amide bonds. The van der Waals surface area contributed by atoms with Gasteiger partial charge < -0.3 is 9.64 Å². The van der Waals surface area contributed by atoms with Crippen molar-refractivity contribution in [2.45, 2.75) is 26.7 Å². The van der Waals surface area contributed by atoms with Crippen molar-refractivity contribution < 1.29 is 13.7 Å². The molecule has 0 aromatic carbocycles. The molecule has 0 fully saturated rings. The Hall–Kier alpha value is -1.56. The molecule has 0 aromatic rings. The van der Waals surface area contributed by atoms with Gasteiger partial charge in [0.05, 0.1) is 23.6 Å². The van der Waals surface area contributed by atoms with Crippen LogP contribution in [0.4, 0.5) is 0 Å². The minimum absolute atomic E-state index is 0.264. The van der Waals surface area contributed by atoms with Crippen LogP contribution in [0.3, 0.4) is 0 Å². The van der Waals surface area contributed by atoms with E-state index >= 15 is 0 Å². The molecule has 6 heteroatoms. The number of carbonyl (C=O) groups is 1. The Balaban J connectivity index is 2.50. The molecule has 0 atom stereocenters. The number of rotatable bonds is 3. The Morgan fingerprint density at radius 3 is 2.78 bits per heavy atom. The number of aliphatic imine (C=N–C) groups is 1. The molecule has 0 bridgehead atoms. The van der Waals surface area contributed by atoms with Crippen LogP contribution in [-0.2, 0) is 19.5 Å². The van der Waals surface area contributed by atoms with Crippen molar-refractivity contribution >= 4 is 31.6 Å². The van der Waals surface area contributed by atoms with E-state index in [1.54, 1.807) is 4.90 Å². The van der Waals surface area contributed by atoms with Crippen molar-refractivity contribution in [1.82, 2.24) is 4.90 Å². The fourth-order valence-corrected chi connectivity index (χ4v) is 3.24.